The van der Waals surface area contributed by atoms with Crippen LogP contribution in [0, 0.1) is 0 Å². The molecule has 0 spiro atoms. The van der Waals surface area contributed by atoms with Crippen LogP contribution in [0.5, 0.6) is 0 Å². The molecule has 0 atom stereocenters. The Kier molecular flexibility index (Phi) is 4.61. The predicted octanol–water partition coefficient (Wildman–Crippen LogP) is 1.20. The number of benzene rings is 1. The first-order valence-electron chi connectivity index (χ1n) is 5.22. The summed E-state index contributed by atoms with van der Waals surface area (Å²) in [6.07, 6.45) is -5.88. The van der Waals surface area contributed by atoms with Crippen molar-refractivity contribution in [2.24, 2.45) is 0 Å². The van der Waals surface area contributed by atoms with Crippen LogP contribution in [0.25, 0.3) is 0 Å². The lowest BCUT2D eigenvalue weighted by Crippen LogP contribution is -2.29. The van der Waals surface area contributed by atoms with Crippen LogP contribution in [-0.2, 0) is 10.0 Å². The molecule has 0 fully saturated rings. The van der Waals surface area contributed by atoms with E-state index in [0.29, 0.717) is 0 Å². The van der Waals surface area contributed by atoms with E-state index in [1.165, 1.54) is 6.07 Å². The Bertz CT molecular complexity index is 613. The van der Waals surface area contributed by atoms with Gasteiger partial charge in [0.05, 0.1) is 16.9 Å². The van der Waals surface area contributed by atoms with E-state index in [-0.39, 0.29) is 5.69 Å². The third-order valence-electron chi connectivity index (χ3n) is 2.23. The van der Waals surface area contributed by atoms with Crippen molar-refractivity contribution in [2.45, 2.75) is 17.5 Å². The lowest BCUT2D eigenvalue weighted by atomic mass is 10.2. The first-order valence-corrected chi connectivity index (χ1v) is 6.70. The molecule has 6 nitrogen and oxygen atoms in total. The van der Waals surface area contributed by atoms with Crippen LogP contribution in [0.2, 0.25) is 0 Å². The summed E-state index contributed by atoms with van der Waals surface area (Å²) >= 11 is 0. The van der Waals surface area contributed by atoms with E-state index in [4.69, 9.17) is 10.8 Å². The fraction of sp³-hybridized carbons (Fsp3) is 0.300. The van der Waals surface area contributed by atoms with Crippen LogP contribution < -0.4 is 10.5 Å². The van der Waals surface area contributed by atoms with E-state index in [0.717, 1.165) is 12.1 Å². The number of alkyl halides is 3. The van der Waals surface area contributed by atoms with Gasteiger partial charge in [-0.05, 0) is 18.2 Å². The number of carboxylic acids is 1. The van der Waals surface area contributed by atoms with Gasteiger partial charge in [-0.25, -0.2) is 17.9 Å². The Labute approximate surface area is 112 Å². The zero-order valence-corrected chi connectivity index (χ0v) is 10.8. The Balaban J connectivity index is 3.03. The van der Waals surface area contributed by atoms with Crippen molar-refractivity contribution in [1.29, 1.82) is 0 Å². The minimum atomic E-state index is -4.52. The lowest BCUT2D eigenvalue weighted by Gasteiger charge is -2.11. The average molecular weight is 312 g/mol. The molecule has 0 aliphatic heterocycles. The highest BCUT2D eigenvalue weighted by Crippen LogP contribution is 2.21. The molecule has 0 saturated heterocycles. The number of aromatic carboxylic acids is 1. The van der Waals surface area contributed by atoms with Crippen molar-refractivity contribution in [3.8, 4) is 0 Å². The molecule has 20 heavy (non-hydrogen) atoms. The minimum Gasteiger partial charge on any atom is -0.478 e. The predicted molar refractivity (Wildman–Crippen MR) is 63.7 cm³/mol. The summed E-state index contributed by atoms with van der Waals surface area (Å²) in [6, 6.07) is 3.02. The summed E-state index contributed by atoms with van der Waals surface area (Å²) in [5.74, 6) is -1.53. The molecule has 1 aromatic rings. The third kappa shape index (κ3) is 4.38. The van der Waals surface area contributed by atoms with Crippen LogP contribution in [0.1, 0.15) is 16.8 Å². The molecule has 1 rings (SSSR count). The van der Waals surface area contributed by atoms with E-state index in [9.17, 15) is 26.4 Å². The number of nitrogens with one attached hydrogen (secondary N) is 1. The zero-order chi connectivity index (χ0) is 15.6. The second-order valence-corrected chi connectivity index (χ2v) is 5.56. The maximum atomic E-state index is 12.0. The normalized spacial score (nSPS) is 12.3. The first kappa shape index (κ1) is 16.2. The van der Waals surface area contributed by atoms with Gasteiger partial charge in [0, 0.05) is 12.2 Å². The van der Waals surface area contributed by atoms with Crippen molar-refractivity contribution in [3.05, 3.63) is 23.8 Å². The number of hydrogen-bond acceptors (Lipinski definition) is 4. The monoisotopic (exact) mass is 312 g/mol. The molecular weight excluding hydrogens is 301 g/mol. The summed E-state index contributed by atoms with van der Waals surface area (Å²) in [5.41, 5.74) is 4.76. The summed E-state index contributed by atoms with van der Waals surface area (Å²) < 4.78 is 61.2. The van der Waals surface area contributed by atoms with E-state index in [1.807, 2.05) is 0 Å². The Morgan fingerprint density at radius 1 is 1.35 bits per heavy atom. The van der Waals surface area contributed by atoms with Crippen LogP contribution in [0.15, 0.2) is 23.1 Å². The van der Waals surface area contributed by atoms with Crippen LogP contribution in [-0.4, -0.2) is 32.2 Å². The Morgan fingerprint density at radius 2 is 1.95 bits per heavy atom. The van der Waals surface area contributed by atoms with Crippen molar-refractivity contribution in [1.82, 2.24) is 4.72 Å². The van der Waals surface area contributed by atoms with Crippen molar-refractivity contribution in [2.75, 3.05) is 12.3 Å². The molecule has 0 amide bonds. The molecule has 0 saturated carbocycles. The number of carboxylic acid groups (broad SMARTS) is 1. The number of sulfonamides is 1. The number of nitrogen functional groups attached to an aromatic ring is 1. The molecule has 4 N–H and O–H groups in total. The van der Waals surface area contributed by atoms with Crippen molar-refractivity contribution >= 4 is 21.7 Å². The summed E-state index contributed by atoms with van der Waals surface area (Å²) in [7, 11) is -4.39. The van der Waals surface area contributed by atoms with Gasteiger partial charge in [-0.15, -0.1) is 0 Å². The molecular formula is C10H11F3N2O4S. The quantitative estimate of drug-likeness (QED) is 0.708. The topological polar surface area (TPSA) is 109 Å². The van der Waals surface area contributed by atoms with E-state index in [1.54, 1.807) is 4.72 Å². The van der Waals surface area contributed by atoms with Gasteiger partial charge in [0.2, 0.25) is 10.0 Å². The van der Waals surface area contributed by atoms with Gasteiger partial charge in [0.1, 0.15) is 0 Å². The van der Waals surface area contributed by atoms with Gasteiger partial charge >= 0.3 is 12.1 Å². The smallest absolute Gasteiger partial charge is 0.390 e. The SMILES string of the molecule is Nc1ccc(C(=O)O)c(S(=O)(=O)NCCC(F)(F)F)c1. The molecule has 112 valence electrons. The molecule has 0 heterocycles. The summed E-state index contributed by atoms with van der Waals surface area (Å²) in [5, 5.41) is 8.86. The van der Waals surface area contributed by atoms with Crippen LogP contribution in [0.3, 0.4) is 0 Å². The van der Waals surface area contributed by atoms with Gasteiger partial charge in [-0.2, -0.15) is 13.2 Å². The minimum absolute atomic E-state index is 0.0220. The maximum Gasteiger partial charge on any atom is 0.390 e. The molecule has 0 unspecified atom stereocenters. The number of hydrogen-bond donors (Lipinski definition) is 3. The van der Waals surface area contributed by atoms with Gasteiger partial charge in [-0.1, -0.05) is 0 Å². The second kappa shape index (κ2) is 5.67. The standard InChI is InChI=1S/C10H11F3N2O4S/c11-10(12,13)3-4-15-20(18,19)8-5-6(14)1-2-7(8)9(16)17/h1-2,5,15H,3-4,14H2,(H,16,17). The van der Waals surface area contributed by atoms with Gasteiger partial charge in [-0.3, -0.25) is 0 Å². The highest BCUT2D eigenvalue weighted by atomic mass is 32.2. The maximum absolute atomic E-state index is 12.0. The Hall–Kier alpha value is -1.81. The second-order valence-electron chi connectivity index (χ2n) is 3.82. The van der Waals surface area contributed by atoms with Crippen molar-refractivity contribution in [3.63, 3.8) is 0 Å². The summed E-state index contributed by atoms with van der Waals surface area (Å²) in [6.45, 7) is -0.889. The third-order valence-corrected chi connectivity index (χ3v) is 3.73. The van der Waals surface area contributed by atoms with Crippen molar-refractivity contribution < 1.29 is 31.5 Å². The fourth-order valence-corrected chi connectivity index (χ4v) is 2.61. The highest BCUT2D eigenvalue weighted by Gasteiger charge is 2.28. The van der Waals surface area contributed by atoms with Gasteiger partial charge < -0.3 is 10.8 Å². The molecule has 1 aromatic carbocycles. The number of anilines is 1. The molecule has 10 heteroatoms. The first-order chi connectivity index (χ1) is 9.03. The van der Waals surface area contributed by atoms with Crippen LogP contribution in [0.4, 0.5) is 18.9 Å². The van der Waals surface area contributed by atoms with Gasteiger partial charge in [0.15, 0.2) is 0 Å². The fourth-order valence-electron chi connectivity index (χ4n) is 1.34. The number of nitrogens with two attached hydrogens (primary N) is 1. The number of carbonyl (C=O) groups is 1. The molecule has 0 aliphatic carbocycles. The van der Waals surface area contributed by atoms with E-state index < -0.39 is 45.6 Å². The van der Waals surface area contributed by atoms with Crippen LogP contribution >= 0.6 is 0 Å². The summed E-state index contributed by atoms with van der Waals surface area (Å²) in [4.78, 5) is 10.2. The molecule has 0 aromatic heterocycles. The number of halogens is 3. The molecule has 0 radical (unpaired) electrons. The Morgan fingerprint density at radius 3 is 2.45 bits per heavy atom. The highest BCUT2D eigenvalue weighted by molar-refractivity contribution is 7.89. The lowest BCUT2D eigenvalue weighted by molar-refractivity contribution is -0.132. The largest absolute Gasteiger partial charge is 0.478 e. The average Bonchev–Trinajstić information content (AvgIpc) is 2.26. The zero-order valence-electron chi connectivity index (χ0n) is 9.94. The van der Waals surface area contributed by atoms with E-state index >= 15 is 0 Å². The van der Waals surface area contributed by atoms with Gasteiger partial charge in [0.25, 0.3) is 0 Å². The molecule has 0 aliphatic rings. The van der Waals surface area contributed by atoms with E-state index in [2.05, 4.69) is 0 Å². The molecule has 0 bridgehead atoms. The number of rotatable bonds is 5.